The van der Waals surface area contributed by atoms with Crippen molar-refractivity contribution < 1.29 is 19.1 Å². The van der Waals surface area contributed by atoms with E-state index >= 15 is 0 Å². The first-order valence-electron chi connectivity index (χ1n) is 10.7. The van der Waals surface area contributed by atoms with Crippen LogP contribution < -0.4 is 14.8 Å². The van der Waals surface area contributed by atoms with Crippen LogP contribution in [-0.2, 0) is 4.79 Å². The Balaban J connectivity index is 1.35. The molecule has 4 saturated carbocycles. The van der Waals surface area contributed by atoms with E-state index in [1.807, 2.05) is 6.92 Å². The molecule has 5 nitrogen and oxygen atoms in total. The van der Waals surface area contributed by atoms with Crippen LogP contribution in [0.2, 0.25) is 0 Å². The second-order valence-corrected chi connectivity index (χ2v) is 9.11. The maximum atomic E-state index is 12.6. The number of ether oxygens (including phenoxy) is 2. The number of nitrogens with one attached hydrogen (secondary N) is 1. The largest absolute Gasteiger partial charge is 0.490 e. The second-order valence-electron chi connectivity index (χ2n) is 9.11. The maximum absolute atomic E-state index is 12.6. The highest BCUT2D eigenvalue weighted by Gasteiger charge is 2.53. The lowest BCUT2D eigenvalue weighted by Crippen LogP contribution is -2.56. The maximum Gasteiger partial charge on any atom is 0.258 e. The van der Waals surface area contributed by atoms with Crippen molar-refractivity contribution >= 4 is 12.2 Å². The van der Waals surface area contributed by atoms with Gasteiger partial charge in [0.25, 0.3) is 5.91 Å². The lowest BCUT2D eigenvalue weighted by Gasteiger charge is -2.59. The highest BCUT2D eigenvalue weighted by atomic mass is 16.5. The quantitative estimate of drug-likeness (QED) is 0.687. The molecule has 4 bridgehead atoms. The van der Waals surface area contributed by atoms with Crippen molar-refractivity contribution in [2.75, 3.05) is 13.2 Å². The van der Waals surface area contributed by atoms with Gasteiger partial charge in [0.2, 0.25) is 0 Å². The van der Waals surface area contributed by atoms with E-state index in [1.165, 1.54) is 38.5 Å². The zero-order chi connectivity index (χ0) is 19.7. The fourth-order valence-corrected chi connectivity index (χ4v) is 6.27. The van der Waals surface area contributed by atoms with E-state index in [1.54, 1.807) is 18.2 Å². The summed E-state index contributed by atoms with van der Waals surface area (Å²) >= 11 is 0. The van der Waals surface area contributed by atoms with Gasteiger partial charge in [-0.2, -0.15) is 0 Å². The van der Waals surface area contributed by atoms with Gasteiger partial charge in [0.05, 0.1) is 6.61 Å². The minimum Gasteiger partial charge on any atom is -0.490 e. The van der Waals surface area contributed by atoms with Crippen LogP contribution in [0.1, 0.15) is 62.7 Å². The van der Waals surface area contributed by atoms with Crippen LogP contribution in [0.5, 0.6) is 11.5 Å². The third kappa shape index (κ3) is 3.76. The van der Waals surface area contributed by atoms with Gasteiger partial charge in [0.15, 0.2) is 18.1 Å². The van der Waals surface area contributed by atoms with Crippen LogP contribution in [0.4, 0.5) is 0 Å². The third-order valence-electron chi connectivity index (χ3n) is 7.14. The molecular weight excluding hydrogens is 354 g/mol. The topological polar surface area (TPSA) is 64.6 Å². The number of amides is 1. The molecule has 0 radical (unpaired) electrons. The molecule has 28 heavy (non-hydrogen) atoms. The van der Waals surface area contributed by atoms with Gasteiger partial charge in [-0.15, -0.1) is 0 Å². The predicted octanol–water partition coefficient (Wildman–Crippen LogP) is 4.00. The molecule has 0 aromatic heterocycles. The van der Waals surface area contributed by atoms with Crippen LogP contribution >= 0.6 is 0 Å². The minimum absolute atomic E-state index is 0.0444. The number of carbonyl (C=O) groups is 2. The summed E-state index contributed by atoms with van der Waals surface area (Å²) in [5, 5.41) is 3.22. The van der Waals surface area contributed by atoms with E-state index in [9.17, 15) is 9.59 Å². The zero-order valence-corrected chi connectivity index (χ0v) is 16.9. The summed E-state index contributed by atoms with van der Waals surface area (Å²) in [5.41, 5.74) is 0.808. The Labute approximate surface area is 167 Å². The molecule has 0 spiro atoms. The third-order valence-corrected chi connectivity index (χ3v) is 7.14. The monoisotopic (exact) mass is 385 g/mol. The fraction of sp³-hybridized carbons (Fsp3) is 0.652. The lowest BCUT2D eigenvalue weighted by atomic mass is 9.48. The average molecular weight is 386 g/mol. The van der Waals surface area contributed by atoms with Crippen molar-refractivity contribution in [2.45, 2.75) is 58.4 Å². The van der Waals surface area contributed by atoms with Crippen molar-refractivity contribution in [3.63, 3.8) is 0 Å². The molecule has 4 aliphatic carbocycles. The van der Waals surface area contributed by atoms with Gasteiger partial charge in [-0.1, -0.05) is 0 Å². The summed E-state index contributed by atoms with van der Waals surface area (Å²) in [6, 6.07) is 5.17. The predicted molar refractivity (Wildman–Crippen MR) is 107 cm³/mol. The van der Waals surface area contributed by atoms with Gasteiger partial charge < -0.3 is 14.8 Å². The van der Waals surface area contributed by atoms with Crippen molar-refractivity contribution in [2.24, 2.45) is 23.2 Å². The van der Waals surface area contributed by atoms with Gasteiger partial charge in [0, 0.05) is 11.6 Å². The van der Waals surface area contributed by atoms with Crippen LogP contribution in [0.3, 0.4) is 0 Å². The van der Waals surface area contributed by atoms with Crippen molar-refractivity contribution in [1.29, 1.82) is 0 Å². The molecule has 4 fully saturated rings. The molecule has 1 aromatic rings. The lowest BCUT2D eigenvalue weighted by molar-refractivity contribution is -0.127. The van der Waals surface area contributed by atoms with E-state index in [0.717, 1.165) is 24.0 Å². The smallest absolute Gasteiger partial charge is 0.258 e. The first-order valence-corrected chi connectivity index (χ1v) is 10.7. The summed E-state index contributed by atoms with van der Waals surface area (Å²) in [6.07, 6.45) is 8.78. The molecule has 152 valence electrons. The highest BCUT2D eigenvalue weighted by molar-refractivity contribution is 5.78. The van der Waals surface area contributed by atoms with Crippen LogP contribution in [0.25, 0.3) is 0 Å². The molecule has 0 heterocycles. The number of hydrogen-bond donors (Lipinski definition) is 1. The second kappa shape index (κ2) is 7.76. The Hall–Kier alpha value is -2.04. The number of hydrogen-bond acceptors (Lipinski definition) is 4. The molecule has 1 amide bonds. The van der Waals surface area contributed by atoms with E-state index in [0.29, 0.717) is 23.7 Å². The summed E-state index contributed by atoms with van der Waals surface area (Å²) < 4.78 is 11.3. The van der Waals surface area contributed by atoms with E-state index in [4.69, 9.17) is 9.47 Å². The molecule has 1 aromatic carbocycles. The van der Waals surface area contributed by atoms with Crippen molar-refractivity contribution in [3.8, 4) is 11.5 Å². The van der Waals surface area contributed by atoms with Gasteiger partial charge in [-0.25, -0.2) is 0 Å². The molecular formula is C23H31NO4. The molecule has 5 rings (SSSR count). The first-order chi connectivity index (χ1) is 13.5. The highest BCUT2D eigenvalue weighted by Crippen LogP contribution is 2.61. The molecule has 4 aliphatic rings. The zero-order valence-electron chi connectivity index (χ0n) is 16.9. The molecule has 1 N–H and O–H groups in total. The molecule has 0 aliphatic heterocycles. The van der Waals surface area contributed by atoms with Gasteiger partial charge in [0.1, 0.15) is 6.29 Å². The summed E-state index contributed by atoms with van der Waals surface area (Å²) in [6.45, 7) is 4.47. The molecule has 0 saturated heterocycles. The van der Waals surface area contributed by atoms with Gasteiger partial charge in [-0.3, -0.25) is 9.59 Å². The summed E-state index contributed by atoms with van der Waals surface area (Å²) in [4.78, 5) is 23.5. The van der Waals surface area contributed by atoms with Crippen molar-refractivity contribution in [3.05, 3.63) is 23.8 Å². The Morgan fingerprint density at radius 1 is 1.14 bits per heavy atom. The molecule has 1 atom stereocenters. The van der Waals surface area contributed by atoms with E-state index < -0.39 is 0 Å². The molecule has 0 unspecified atom stereocenters. The molecule has 5 heteroatoms. The van der Waals surface area contributed by atoms with E-state index in [-0.39, 0.29) is 24.0 Å². The van der Waals surface area contributed by atoms with Crippen LogP contribution in [-0.4, -0.2) is 31.4 Å². The number of benzene rings is 1. The Bertz CT molecular complexity index is 709. The van der Waals surface area contributed by atoms with Gasteiger partial charge >= 0.3 is 0 Å². The number of rotatable bonds is 8. The van der Waals surface area contributed by atoms with Gasteiger partial charge in [-0.05, 0) is 93.7 Å². The fourth-order valence-electron chi connectivity index (χ4n) is 6.27. The minimum atomic E-state index is -0.0924. The van der Waals surface area contributed by atoms with Crippen LogP contribution in [0, 0.1) is 23.2 Å². The summed E-state index contributed by atoms with van der Waals surface area (Å²) in [5.74, 6) is 3.50. The van der Waals surface area contributed by atoms with E-state index in [2.05, 4.69) is 12.2 Å². The van der Waals surface area contributed by atoms with Crippen molar-refractivity contribution in [1.82, 2.24) is 5.32 Å². The Morgan fingerprint density at radius 3 is 2.36 bits per heavy atom. The number of carbonyl (C=O) groups excluding carboxylic acids is 2. The SMILES string of the molecule is CCOc1cc(C=O)ccc1OCC(=O)N[C@@H](C)C12CC3CC(CC(C3)C1)C2. The average Bonchev–Trinajstić information content (AvgIpc) is 2.66. The Morgan fingerprint density at radius 2 is 1.79 bits per heavy atom. The summed E-state index contributed by atoms with van der Waals surface area (Å²) in [7, 11) is 0. The normalized spacial score (nSPS) is 31.3. The number of aldehydes is 1. The standard InChI is InChI=1S/C23H31NO4/c1-3-27-21-9-16(13-25)4-5-20(21)28-14-22(26)24-15(2)23-10-17-6-18(11-23)8-19(7-17)12-23/h4-5,9,13,15,17-19H,3,6-8,10-12,14H2,1-2H3,(H,24,26)/t15-,17?,18?,19?,23?/m0/s1. The first kappa shape index (κ1) is 19.3. The Kier molecular flexibility index (Phi) is 5.35. The van der Waals surface area contributed by atoms with Crippen LogP contribution in [0.15, 0.2) is 18.2 Å².